The molecule has 0 radical (unpaired) electrons. The Balaban J connectivity index is 1.54. The maximum atomic E-state index is 6.01. The zero-order valence-corrected chi connectivity index (χ0v) is 11.1. The Bertz CT molecular complexity index is 395. The van der Waals surface area contributed by atoms with E-state index in [1.54, 1.807) is 0 Å². The second kappa shape index (κ2) is 4.16. The minimum Gasteiger partial charge on any atom is -0.465 e. The fourth-order valence-electron chi connectivity index (χ4n) is 2.69. The SMILES string of the molecule is CC(C)NCC1CC1c1ccc(C2CC2C)o1. The lowest BCUT2D eigenvalue weighted by Crippen LogP contribution is -2.25. The van der Waals surface area contributed by atoms with Crippen molar-refractivity contribution >= 4 is 0 Å². The average molecular weight is 233 g/mol. The first kappa shape index (κ1) is 11.3. The van der Waals surface area contributed by atoms with E-state index < -0.39 is 0 Å². The Kier molecular flexibility index (Phi) is 2.78. The molecular weight excluding hydrogens is 210 g/mol. The van der Waals surface area contributed by atoms with Gasteiger partial charge in [0.1, 0.15) is 11.5 Å². The molecule has 4 atom stereocenters. The maximum Gasteiger partial charge on any atom is 0.107 e. The lowest BCUT2D eigenvalue weighted by molar-refractivity contribution is 0.452. The molecule has 2 saturated carbocycles. The van der Waals surface area contributed by atoms with Gasteiger partial charge in [0, 0.05) is 17.9 Å². The van der Waals surface area contributed by atoms with Crippen LogP contribution < -0.4 is 5.32 Å². The summed E-state index contributed by atoms with van der Waals surface area (Å²) in [5, 5.41) is 3.51. The van der Waals surface area contributed by atoms with Crippen molar-refractivity contribution in [1.29, 1.82) is 0 Å². The molecule has 3 rings (SSSR count). The summed E-state index contributed by atoms with van der Waals surface area (Å²) in [4.78, 5) is 0. The largest absolute Gasteiger partial charge is 0.465 e. The van der Waals surface area contributed by atoms with Gasteiger partial charge in [-0.15, -0.1) is 0 Å². The summed E-state index contributed by atoms with van der Waals surface area (Å²) >= 11 is 0. The van der Waals surface area contributed by atoms with Crippen LogP contribution in [0.5, 0.6) is 0 Å². The van der Waals surface area contributed by atoms with E-state index in [0.717, 1.165) is 24.3 Å². The summed E-state index contributed by atoms with van der Waals surface area (Å²) in [6.45, 7) is 7.85. The normalized spacial score (nSPS) is 35.3. The fraction of sp³-hybridized carbons (Fsp3) is 0.733. The van der Waals surface area contributed by atoms with Crippen molar-refractivity contribution in [2.24, 2.45) is 11.8 Å². The minimum absolute atomic E-state index is 0.593. The maximum absolute atomic E-state index is 6.01. The summed E-state index contributed by atoms with van der Waals surface area (Å²) in [5.74, 6) is 5.50. The third-order valence-corrected chi connectivity index (χ3v) is 4.20. The average Bonchev–Trinajstić information content (AvgIpc) is 3.16. The van der Waals surface area contributed by atoms with Crippen molar-refractivity contribution in [2.75, 3.05) is 6.54 Å². The predicted molar refractivity (Wildman–Crippen MR) is 69.2 cm³/mol. The van der Waals surface area contributed by atoms with E-state index >= 15 is 0 Å². The summed E-state index contributed by atoms with van der Waals surface area (Å²) < 4.78 is 6.01. The van der Waals surface area contributed by atoms with Crippen LogP contribution in [-0.2, 0) is 0 Å². The molecule has 1 aromatic heterocycles. The molecule has 0 aromatic carbocycles. The van der Waals surface area contributed by atoms with E-state index in [9.17, 15) is 0 Å². The van der Waals surface area contributed by atoms with Gasteiger partial charge >= 0.3 is 0 Å². The molecule has 2 heteroatoms. The molecule has 94 valence electrons. The van der Waals surface area contributed by atoms with E-state index in [1.165, 1.54) is 24.4 Å². The first-order chi connectivity index (χ1) is 8.15. The second-order valence-corrected chi connectivity index (χ2v) is 6.22. The van der Waals surface area contributed by atoms with E-state index in [4.69, 9.17) is 4.42 Å². The Morgan fingerprint density at radius 3 is 2.47 bits per heavy atom. The number of furan rings is 1. The monoisotopic (exact) mass is 233 g/mol. The highest BCUT2D eigenvalue weighted by Gasteiger charge is 2.42. The molecule has 1 N–H and O–H groups in total. The van der Waals surface area contributed by atoms with Gasteiger partial charge in [0.05, 0.1) is 0 Å². The smallest absolute Gasteiger partial charge is 0.107 e. The third kappa shape index (κ3) is 2.42. The molecule has 4 unspecified atom stereocenters. The molecule has 2 aliphatic rings. The van der Waals surface area contributed by atoms with E-state index in [1.807, 2.05) is 0 Å². The second-order valence-electron chi connectivity index (χ2n) is 6.22. The molecule has 1 aromatic rings. The van der Waals surface area contributed by atoms with Gasteiger partial charge in [-0.05, 0) is 43.4 Å². The molecule has 2 nitrogen and oxygen atoms in total. The zero-order valence-electron chi connectivity index (χ0n) is 11.1. The summed E-state index contributed by atoms with van der Waals surface area (Å²) in [5.41, 5.74) is 0. The van der Waals surface area contributed by atoms with Crippen LogP contribution in [0.15, 0.2) is 16.5 Å². The molecule has 2 fully saturated rings. The lowest BCUT2D eigenvalue weighted by Gasteiger charge is -2.06. The van der Waals surface area contributed by atoms with Crippen molar-refractivity contribution in [3.05, 3.63) is 23.7 Å². The van der Waals surface area contributed by atoms with Gasteiger partial charge in [-0.25, -0.2) is 0 Å². The van der Waals surface area contributed by atoms with E-state index in [2.05, 4.69) is 38.2 Å². The first-order valence-electron chi connectivity index (χ1n) is 6.98. The number of rotatable bonds is 5. The molecule has 0 amide bonds. The summed E-state index contributed by atoms with van der Waals surface area (Å²) in [7, 11) is 0. The fourth-order valence-corrected chi connectivity index (χ4v) is 2.69. The van der Waals surface area contributed by atoms with Crippen molar-refractivity contribution in [3.63, 3.8) is 0 Å². The standard InChI is InChI=1S/C15H23NO/c1-9(2)16-8-11-7-13(11)15-5-4-14(17-15)12-6-10(12)3/h4-5,9-13,16H,6-8H2,1-3H3. The minimum atomic E-state index is 0.593. The number of hydrogen-bond donors (Lipinski definition) is 1. The molecule has 0 spiro atoms. The Hall–Kier alpha value is -0.760. The highest BCUT2D eigenvalue weighted by Crippen LogP contribution is 2.51. The van der Waals surface area contributed by atoms with Crippen LogP contribution in [0, 0.1) is 11.8 Å². The number of hydrogen-bond acceptors (Lipinski definition) is 2. The Morgan fingerprint density at radius 2 is 1.88 bits per heavy atom. The van der Waals surface area contributed by atoms with Gasteiger partial charge in [0.25, 0.3) is 0 Å². The Morgan fingerprint density at radius 1 is 1.24 bits per heavy atom. The molecule has 0 bridgehead atoms. The third-order valence-electron chi connectivity index (χ3n) is 4.20. The van der Waals surface area contributed by atoms with Gasteiger partial charge in [0.15, 0.2) is 0 Å². The first-order valence-corrected chi connectivity index (χ1v) is 6.98. The zero-order chi connectivity index (χ0) is 12.0. The van der Waals surface area contributed by atoms with Crippen LogP contribution in [-0.4, -0.2) is 12.6 Å². The van der Waals surface area contributed by atoms with Crippen molar-refractivity contribution in [3.8, 4) is 0 Å². The molecule has 1 heterocycles. The highest BCUT2D eigenvalue weighted by atomic mass is 16.3. The van der Waals surface area contributed by atoms with Crippen LogP contribution in [0.3, 0.4) is 0 Å². The van der Waals surface area contributed by atoms with Crippen LogP contribution in [0.4, 0.5) is 0 Å². The van der Waals surface area contributed by atoms with E-state index in [-0.39, 0.29) is 0 Å². The number of nitrogens with one attached hydrogen (secondary N) is 1. The van der Waals surface area contributed by atoms with Crippen LogP contribution in [0.25, 0.3) is 0 Å². The quantitative estimate of drug-likeness (QED) is 0.842. The highest BCUT2D eigenvalue weighted by molar-refractivity contribution is 5.23. The lowest BCUT2D eigenvalue weighted by atomic mass is 10.2. The molecular formula is C15H23NO. The molecule has 17 heavy (non-hydrogen) atoms. The molecule has 0 saturated heterocycles. The van der Waals surface area contributed by atoms with Crippen molar-refractivity contribution in [2.45, 2.75) is 51.5 Å². The molecule has 0 aliphatic heterocycles. The summed E-state index contributed by atoms with van der Waals surface area (Å²) in [6.07, 6.45) is 2.61. The van der Waals surface area contributed by atoms with Crippen molar-refractivity contribution in [1.82, 2.24) is 5.32 Å². The van der Waals surface area contributed by atoms with Gasteiger partial charge < -0.3 is 9.73 Å². The van der Waals surface area contributed by atoms with Crippen LogP contribution in [0.2, 0.25) is 0 Å². The topological polar surface area (TPSA) is 25.2 Å². The van der Waals surface area contributed by atoms with Crippen molar-refractivity contribution < 1.29 is 4.42 Å². The van der Waals surface area contributed by atoms with Gasteiger partial charge in [-0.2, -0.15) is 0 Å². The summed E-state index contributed by atoms with van der Waals surface area (Å²) in [6, 6.07) is 5.01. The van der Waals surface area contributed by atoms with Gasteiger partial charge in [-0.3, -0.25) is 0 Å². The van der Waals surface area contributed by atoms with Gasteiger partial charge in [-0.1, -0.05) is 20.8 Å². The van der Waals surface area contributed by atoms with Crippen LogP contribution in [0.1, 0.15) is 57.0 Å². The Labute approximate surface area is 104 Å². The van der Waals surface area contributed by atoms with Crippen LogP contribution >= 0.6 is 0 Å². The van der Waals surface area contributed by atoms with E-state index in [0.29, 0.717) is 12.0 Å². The molecule has 2 aliphatic carbocycles. The predicted octanol–water partition coefficient (Wildman–Crippen LogP) is 3.50. The van der Waals surface area contributed by atoms with Gasteiger partial charge in [0.2, 0.25) is 0 Å².